The number of fused-ring (bicyclic) bond motifs is 1. The van der Waals surface area contributed by atoms with Gasteiger partial charge in [-0.3, -0.25) is 9.36 Å². The van der Waals surface area contributed by atoms with Gasteiger partial charge < -0.3 is 0 Å². The summed E-state index contributed by atoms with van der Waals surface area (Å²) in [5.41, 5.74) is 3.95. The van der Waals surface area contributed by atoms with E-state index in [2.05, 4.69) is 16.7 Å². The van der Waals surface area contributed by atoms with Gasteiger partial charge in [-0.25, -0.2) is 13.4 Å². The molecule has 0 aliphatic heterocycles. The van der Waals surface area contributed by atoms with Crippen molar-refractivity contribution in [2.24, 2.45) is 0 Å². The normalized spacial score (nSPS) is 13.8. The number of aryl methyl sites for hydroxylation is 1. The van der Waals surface area contributed by atoms with E-state index in [1.807, 2.05) is 18.2 Å². The summed E-state index contributed by atoms with van der Waals surface area (Å²) in [4.78, 5) is 17.7. The molecule has 0 radical (unpaired) electrons. The van der Waals surface area contributed by atoms with Gasteiger partial charge in [0.2, 0.25) is 0 Å². The maximum atomic E-state index is 12.7. The SMILES string of the molecule is CS(=O)(=O)c1ccc(C(=O)CSc2nc3c(n2-c2ccccc2)CCCC3)cc1. The van der Waals surface area contributed by atoms with E-state index < -0.39 is 9.84 Å². The molecule has 0 spiro atoms. The third-order valence-electron chi connectivity index (χ3n) is 5.05. The Kier molecular flexibility index (Phi) is 5.61. The Morgan fingerprint density at radius 2 is 1.72 bits per heavy atom. The Bertz CT molecular complexity index is 1130. The van der Waals surface area contributed by atoms with Crippen LogP contribution in [0.25, 0.3) is 5.69 Å². The standard InChI is InChI=1S/C22H22N2O3S2/c1-29(26,27)18-13-11-16(12-14-18)21(25)15-28-22-23-19-9-5-6-10-20(19)24(22)17-7-3-2-4-8-17/h2-4,7-8,11-14H,5-6,9-10,15H2,1H3. The maximum absolute atomic E-state index is 12.7. The smallest absolute Gasteiger partial charge is 0.175 e. The van der Waals surface area contributed by atoms with Crippen molar-refractivity contribution in [2.45, 2.75) is 35.7 Å². The van der Waals surface area contributed by atoms with Gasteiger partial charge in [-0.1, -0.05) is 42.1 Å². The second kappa shape index (κ2) is 8.16. The largest absolute Gasteiger partial charge is 0.293 e. The summed E-state index contributed by atoms with van der Waals surface area (Å²) in [7, 11) is -3.27. The molecule has 0 saturated heterocycles. The van der Waals surface area contributed by atoms with Crippen LogP contribution in [-0.4, -0.2) is 35.8 Å². The van der Waals surface area contributed by atoms with Gasteiger partial charge in [-0.15, -0.1) is 0 Å². The Balaban J connectivity index is 1.57. The minimum Gasteiger partial charge on any atom is -0.293 e. The second-order valence-corrected chi connectivity index (χ2v) is 10.1. The van der Waals surface area contributed by atoms with Crippen molar-refractivity contribution >= 4 is 27.4 Å². The van der Waals surface area contributed by atoms with Crippen LogP contribution in [0.2, 0.25) is 0 Å². The van der Waals surface area contributed by atoms with Gasteiger partial charge in [-0.2, -0.15) is 0 Å². The van der Waals surface area contributed by atoms with Gasteiger partial charge in [-0.05, 0) is 49.9 Å². The number of benzene rings is 2. The van der Waals surface area contributed by atoms with Crippen LogP contribution in [0.15, 0.2) is 64.6 Å². The average molecular weight is 427 g/mol. The number of nitrogens with zero attached hydrogens (tertiary/aromatic N) is 2. The van der Waals surface area contributed by atoms with Crippen molar-refractivity contribution < 1.29 is 13.2 Å². The van der Waals surface area contributed by atoms with Crippen LogP contribution in [0.1, 0.15) is 34.6 Å². The van der Waals surface area contributed by atoms with Gasteiger partial charge in [0.1, 0.15) is 0 Å². The number of aromatic nitrogens is 2. The number of carbonyl (C=O) groups excluding carboxylic acids is 1. The number of hydrogen-bond acceptors (Lipinski definition) is 5. The molecule has 1 aliphatic rings. The topological polar surface area (TPSA) is 69.0 Å². The summed E-state index contributed by atoms with van der Waals surface area (Å²) in [5, 5.41) is 0.837. The Morgan fingerprint density at radius 1 is 1.03 bits per heavy atom. The first-order valence-corrected chi connectivity index (χ1v) is 12.4. The van der Waals surface area contributed by atoms with Crippen LogP contribution in [0, 0.1) is 0 Å². The Morgan fingerprint density at radius 3 is 2.41 bits per heavy atom. The predicted molar refractivity (Wildman–Crippen MR) is 115 cm³/mol. The molecule has 1 aliphatic carbocycles. The lowest BCUT2D eigenvalue weighted by Gasteiger charge is -2.15. The maximum Gasteiger partial charge on any atom is 0.175 e. The molecule has 0 atom stereocenters. The van der Waals surface area contributed by atoms with E-state index in [9.17, 15) is 13.2 Å². The summed E-state index contributed by atoms with van der Waals surface area (Å²) in [6.07, 6.45) is 5.43. The molecule has 1 aromatic heterocycles. The van der Waals surface area contributed by atoms with E-state index in [0.717, 1.165) is 48.5 Å². The average Bonchev–Trinajstić information content (AvgIpc) is 3.10. The second-order valence-electron chi connectivity index (χ2n) is 7.17. The van der Waals surface area contributed by atoms with E-state index in [1.54, 1.807) is 12.1 Å². The number of Topliss-reactive ketones (excluding diaryl/α,β-unsaturated/α-hetero) is 1. The molecule has 5 nitrogen and oxygen atoms in total. The summed E-state index contributed by atoms with van der Waals surface area (Å²) >= 11 is 1.43. The molecule has 0 N–H and O–H groups in total. The fourth-order valence-corrected chi connectivity index (χ4v) is 5.13. The summed E-state index contributed by atoms with van der Waals surface area (Å²) in [6, 6.07) is 16.2. The summed E-state index contributed by atoms with van der Waals surface area (Å²) in [5.74, 6) is 0.205. The van der Waals surface area contributed by atoms with E-state index in [1.165, 1.54) is 29.6 Å². The number of thioether (sulfide) groups is 1. The number of ketones is 1. The lowest BCUT2D eigenvalue weighted by atomic mass is 10.0. The molecule has 1 heterocycles. The molecule has 0 saturated carbocycles. The number of sulfone groups is 1. The van der Waals surface area contributed by atoms with Crippen molar-refractivity contribution in [3.63, 3.8) is 0 Å². The minimum absolute atomic E-state index is 0.0457. The highest BCUT2D eigenvalue weighted by molar-refractivity contribution is 7.99. The van der Waals surface area contributed by atoms with Crippen LogP contribution >= 0.6 is 11.8 Å². The highest BCUT2D eigenvalue weighted by Gasteiger charge is 2.22. The molecule has 0 unspecified atom stereocenters. The Hall–Kier alpha value is -2.38. The molecular formula is C22H22N2O3S2. The first-order chi connectivity index (χ1) is 13.9. The van der Waals surface area contributed by atoms with Gasteiger partial charge >= 0.3 is 0 Å². The minimum atomic E-state index is -3.27. The fourth-order valence-electron chi connectivity index (χ4n) is 3.56. The molecule has 0 amide bonds. The van der Waals surface area contributed by atoms with Gasteiger partial charge in [0, 0.05) is 23.2 Å². The molecule has 0 fully saturated rings. The third kappa shape index (κ3) is 4.31. The zero-order valence-corrected chi connectivity index (χ0v) is 17.8. The zero-order valence-electron chi connectivity index (χ0n) is 16.2. The van der Waals surface area contributed by atoms with Crippen LogP contribution in [-0.2, 0) is 22.7 Å². The van der Waals surface area contributed by atoms with E-state index in [0.29, 0.717) is 5.56 Å². The highest BCUT2D eigenvalue weighted by Crippen LogP contribution is 2.31. The van der Waals surface area contributed by atoms with Crippen molar-refractivity contribution in [1.82, 2.24) is 9.55 Å². The van der Waals surface area contributed by atoms with Crippen molar-refractivity contribution in [1.29, 1.82) is 0 Å². The molecule has 2 aromatic carbocycles. The number of rotatable bonds is 6. The number of hydrogen-bond donors (Lipinski definition) is 0. The number of carbonyl (C=O) groups is 1. The summed E-state index contributed by atoms with van der Waals surface area (Å²) in [6.45, 7) is 0. The molecule has 0 bridgehead atoms. The molecule has 150 valence electrons. The van der Waals surface area contributed by atoms with Crippen LogP contribution < -0.4 is 0 Å². The monoisotopic (exact) mass is 426 g/mol. The molecule has 7 heteroatoms. The van der Waals surface area contributed by atoms with Crippen LogP contribution in [0.4, 0.5) is 0 Å². The van der Waals surface area contributed by atoms with Crippen LogP contribution in [0.5, 0.6) is 0 Å². The predicted octanol–water partition coefficient (Wildman–Crippen LogP) is 4.13. The van der Waals surface area contributed by atoms with E-state index in [4.69, 9.17) is 4.98 Å². The molecule has 4 rings (SSSR count). The van der Waals surface area contributed by atoms with E-state index in [-0.39, 0.29) is 16.4 Å². The van der Waals surface area contributed by atoms with Gasteiger partial charge in [0.25, 0.3) is 0 Å². The Labute approximate surface area is 175 Å². The number of imidazole rings is 1. The fraction of sp³-hybridized carbons (Fsp3) is 0.273. The number of para-hydroxylation sites is 1. The quantitative estimate of drug-likeness (QED) is 0.438. The van der Waals surface area contributed by atoms with Gasteiger partial charge in [0.15, 0.2) is 20.8 Å². The highest BCUT2D eigenvalue weighted by atomic mass is 32.2. The van der Waals surface area contributed by atoms with Crippen LogP contribution in [0.3, 0.4) is 0 Å². The van der Waals surface area contributed by atoms with Crippen molar-refractivity contribution in [3.8, 4) is 5.69 Å². The third-order valence-corrected chi connectivity index (χ3v) is 7.12. The molecular weight excluding hydrogens is 404 g/mol. The molecule has 29 heavy (non-hydrogen) atoms. The first-order valence-electron chi connectivity index (χ1n) is 9.55. The van der Waals surface area contributed by atoms with E-state index >= 15 is 0 Å². The first kappa shape index (κ1) is 19.9. The lowest BCUT2D eigenvalue weighted by Crippen LogP contribution is -2.08. The van der Waals surface area contributed by atoms with Crippen molar-refractivity contribution in [2.75, 3.05) is 12.0 Å². The van der Waals surface area contributed by atoms with Crippen molar-refractivity contribution in [3.05, 3.63) is 71.5 Å². The molecule has 3 aromatic rings. The summed E-state index contributed by atoms with van der Waals surface area (Å²) < 4.78 is 25.4. The zero-order chi connectivity index (χ0) is 20.4. The van der Waals surface area contributed by atoms with Gasteiger partial charge in [0.05, 0.1) is 16.3 Å². The lowest BCUT2D eigenvalue weighted by molar-refractivity contribution is 0.102.